The van der Waals surface area contributed by atoms with Gasteiger partial charge in [0, 0.05) is 18.7 Å². The molecule has 132 valence electrons. The van der Waals surface area contributed by atoms with Gasteiger partial charge >= 0.3 is 0 Å². The highest BCUT2D eigenvalue weighted by Gasteiger charge is 2.36. The lowest BCUT2D eigenvalue weighted by atomic mass is 10.0. The molecule has 1 aromatic rings. The topological polar surface area (TPSA) is 68.0 Å². The van der Waals surface area contributed by atoms with Crippen LogP contribution in [-0.2, 0) is 19.3 Å². The van der Waals surface area contributed by atoms with E-state index in [9.17, 15) is 0 Å². The summed E-state index contributed by atoms with van der Waals surface area (Å²) >= 11 is 0. The Morgan fingerprint density at radius 3 is 2.64 bits per heavy atom. The predicted molar refractivity (Wildman–Crippen MR) is 96.6 cm³/mol. The van der Waals surface area contributed by atoms with E-state index >= 15 is 0 Å². The van der Waals surface area contributed by atoms with Crippen LogP contribution in [0.25, 0.3) is 5.70 Å². The van der Waals surface area contributed by atoms with E-state index in [4.69, 9.17) is 19.3 Å². The van der Waals surface area contributed by atoms with E-state index in [-0.39, 0.29) is 5.25 Å². The molecular weight excluding hydrogens is 362 g/mol. The number of ether oxygens (including phenoxy) is 2. The van der Waals surface area contributed by atoms with Gasteiger partial charge in [0.1, 0.15) is 24.0 Å². The Labute approximate surface area is 152 Å². The van der Waals surface area contributed by atoms with Crippen LogP contribution in [0.15, 0.2) is 30.3 Å². The van der Waals surface area contributed by atoms with Crippen molar-refractivity contribution >= 4 is 33.1 Å². The zero-order chi connectivity index (χ0) is 16.6. The summed E-state index contributed by atoms with van der Waals surface area (Å²) in [6.45, 7) is 2.09. The lowest BCUT2D eigenvalue weighted by Gasteiger charge is -2.21. The number of hydroxylamine groups is 1. The monoisotopic (exact) mass is 379 g/mol. The summed E-state index contributed by atoms with van der Waals surface area (Å²) in [7, 11) is 3.57. The van der Waals surface area contributed by atoms with E-state index < -0.39 is 6.29 Å². The number of aromatic nitrogens is 1. The summed E-state index contributed by atoms with van der Waals surface area (Å²) in [5.41, 5.74) is 6.55. The van der Waals surface area contributed by atoms with Crippen LogP contribution in [0.2, 0.25) is 0 Å². The van der Waals surface area contributed by atoms with Crippen molar-refractivity contribution in [3.8, 4) is 0 Å². The number of nitrogens with zero attached hydrogens (tertiary/aromatic N) is 1. The average molecular weight is 379 g/mol. The molecule has 0 amide bonds. The Morgan fingerprint density at radius 2 is 1.96 bits per heavy atom. The lowest BCUT2D eigenvalue weighted by Crippen LogP contribution is -2.20. The maximum Gasteiger partial charge on any atom is 0.268 e. The highest BCUT2D eigenvalue weighted by molar-refractivity contribution is 8.78. The SMILES string of the molecule is C1=COC(c2c(C3=COON3)[nH]c(N3CCCC3)c2C2C=CSS2)O1. The second-order valence-electron chi connectivity index (χ2n) is 6.00. The number of hydrogen-bond acceptors (Lipinski definition) is 8. The molecular formula is C16H17N3O4S2. The molecule has 1 unspecified atom stereocenters. The van der Waals surface area contributed by atoms with Crippen molar-refractivity contribution < 1.29 is 19.3 Å². The van der Waals surface area contributed by atoms with Gasteiger partial charge in [0.25, 0.3) is 6.29 Å². The molecule has 0 aromatic carbocycles. The molecule has 1 aromatic heterocycles. The summed E-state index contributed by atoms with van der Waals surface area (Å²) in [5.74, 6) is 1.13. The highest BCUT2D eigenvalue weighted by atomic mass is 33.1. The normalized spacial score (nSPS) is 25.0. The summed E-state index contributed by atoms with van der Waals surface area (Å²) < 4.78 is 11.4. The van der Waals surface area contributed by atoms with Crippen molar-refractivity contribution in [3.63, 3.8) is 0 Å². The first kappa shape index (κ1) is 15.4. The molecule has 7 nitrogen and oxygen atoms in total. The van der Waals surface area contributed by atoms with Gasteiger partial charge in [0.05, 0.1) is 16.5 Å². The minimum Gasteiger partial charge on any atom is -0.455 e. The standard InChI is InChI=1S/C16H17N3O4S2/c1-2-5-19(4-1)15-12(11-3-8-24-25-11)13(16-20-6-7-21-16)14(17-15)10-9-22-23-18-10/h3,6-9,11,16-18H,1-2,4-5H2. The van der Waals surface area contributed by atoms with Crippen LogP contribution in [-0.4, -0.2) is 18.1 Å². The lowest BCUT2D eigenvalue weighted by molar-refractivity contribution is -0.263. The minimum absolute atomic E-state index is 0.234. The Morgan fingerprint density at radius 1 is 1.12 bits per heavy atom. The van der Waals surface area contributed by atoms with Crippen molar-refractivity contribution in [1.29, 1.82) is 0 Å². The molecule has 0 aliphatic carbocycles. The first-order valence-corrected chi connectivity index (χ1v) is 10.4. The third kappa shape index (κ3) is 2.66. The van der Waals surface area contributed by atoms with Crippen molar-refractivity contribution in [1.82, 2.24) is 10.5 Å². The maximum atomic E-state index is 5.70. The summed E-state index contributed by atoms with van der Waals surface area (Å²) in [5, 5.41) is 2.37. The maximum absolute atomic E-state index is 5.70. The van der Waals surface area contributed by atoms with Gasteiger partial charge in [0.2, 0.25) is 0 Å². The van der Waals surface area contributed by atoms with Crippen LogP contribution in [0, 0.1) is 0 Å². The molecule has 1 fully saturated rings. The smallest absolute Gasteiger partial charge is 0.268 e. The number of rotatable bonds is 4. The van der Waals surface area contributed by atoms with Crippen molar-refractivity contribution in [3.05, 3.63) is 47.1 Å². The zero-order valence-electron chi connectivity index (χ0n) is 13.3. The summed E-state index contributed by atoms with van der Waals surface area (Å²) in [6.07, 6.45) is 8.85. The fraction of sp³-hybridized carbons (Fsp3) is 0.375. The van der Waals surface area contributed by atoms with Gasteiger partial charge in [-0.3, -0.25) is 0 Å². The molecule has 5 heterocycles. The molecule has 0 radical (unpaired) electrons. The second kappa shape index (κ2) is 6.47. The zero-order valence-corrected chi connectivity index (χ0v) is 14.9. The fourth-order valence-electron chi connectivity index (χ4n) is 3.47. The Kier molecular flexibility index (Phi) is 3.99. The Balaban J connectivity index is 1.66. The van der Waals surface area contributed by atoms with Crippen LogP contribution < -0.4 is 10.4 Å². The van der Waals surface area contributed by atoms with E-state index in [1.54, 1.807) is 29.6 Å². The van der Waals surface area contributed by atoms with E-state index in [0.29, 0.717) is 0 Å². The first-order valence-electron chi connectivity index (χ1n) is 8.16. The minimum atomic E-state index is -0.486. The van der Waals surface area contributed by atoms with Crippen molar-refractivity contribution in [2.75, 3.05) is 18.0 Å². The molecule has 4 aliphatic heterocycles. The van der Waals surface area contributed by atoms with E-state index in [1.165, 1.54) is 18.4 Å². The molecule has 25 heavy (non-hydrogen) atoms. The molecule has 0 spiro atoms. The van der Waals surface area contributed by atoms with Gasteiger partial charge in [-0.25, -0.2) is 5.48 Å². The number of anilines is 1. The van der Waals surface area contributed by atoms with Crippen LogP contribution >= 0.6 is 21.6 Å². The largest absolute Gasteiger partial charge is 0.455 e. The average Bonchev–Trinajstić information content (AvgIpc) is 3.48. The number of H-pyrrole nitrogens is 1. The quantitative estimate of drug-likeness (QED) is 0.604. The van der Waals surface area contributed by atoms with Gasteiger partial charge in [-0.15, -0.1) is 0 Å². The number of nitrogens with one attached hydrogen (secondary N) is 2. The fourth-order valence-corrected chi connectivity index (χ4v) is 5.68. The second-order valence-corrected chi connectivity index (χ2v) is 8.32. The van der Waals surface area contributed by atoms with Gasteiger partial charge in [-0.2, -0.15) is 0 Å². The Bertz CT molecular complexity index is 747. The molecule has 9 heteroatoms. The van der Waals surface area contributed by atoms with Crippen LogP contribution in [0.5, 0.6) is 0 Å². The summed E-state index contributed by atoms with van der Waals surface area (Å²) in [6, 6.07) is 0. The van der Waals surface area contributed by atoms with Gasteiger partial charge in [-0.05, 0) is 18.2 Å². The van der Waals surface area contributed by atoms with Gasteiger partial charge < -0.3 is 24.2 Å². The Hall–Kier alpha value is -1.84. The van der Waals surface area contributed by atoms with E-state index in [1.807, 2.05) is 10.8 Å². The van der Waals surface area contributed by atoms with Gasteiger partial charge in [-0.1, -0.05) is 32.7 Å². The van der Waals surface area contributed by atoms with Gasteiger partial charge in [0.15, 0.2) is 6.26 Å². The van der Waals surface area contributed by atoms with E-state index in [0.717, 1.165) is 35.9 Å². The molecule has 0 bridgehead atoms. The molecule has 4 aliphatic rings. The van der Waals surface area contributed by atoms with Crippen molar-refractivity contribution in [2.24, 2.45) is 0 Å². The number of hydrogen-bond donors (Lipinski definition) is 2. The molecule has 5 rings (SSSR count). The molecule has 1 saturated heterocycles. The van der Waals surface area contributed by atoms with Crippen molar-refractivity contribution in [2.45, 2.75) is 24.4 Å². The summed E-state index contributed by atoms with van der Waals surface area (Å²) in [4.78, 5) is 15.7. The van der Waals surface area contributed by atoms with Crippen LogP contribution in [0.4, 0.5) is 5.82 Å². The highest BCUT2D eigenvalue weighted by Crippen LogP contribution is 2.52. The first-order chi connectivity index (χ1) is 12.4. The molecule has 1 atom stereocenters. The van der Waals surface area contributed by atoms with Crippen LogP contribution in [0.1, 0.15) is 41.2 Å². The molecule has 0 saturated carbocycles. The van der Waals surface area contributed by atoms with Crippen LogP contribution in [0.3, 0.4) is 0 Å². The molecule has 2 N–H and O–H groups in total. The number of aromatic amines is 1. The third-order valence-corrected chi connectivity index (χ3v) is 6.83. The third-order valence-electron chi connectivity index (χ3n) is 4.56. The predicted octanol–water partition coefficient (Wildman–Crippen LogP) is 3.85. The van der Waals surface area contributed by atoms with E-state index in [2.05, 4.69) is 26.8 Å².